The van der Waals surface area contributed by atoms with Crippen LogP contribution in [0.5, 0.6) is 0 Å². The Labute approximate surface area is 117 Å². The molecule has 98 valence electrons. The molecule has 1 fully saturated rings. The van der Waals surface area contributed by atoms with Crippen molar-refractivity contribution in [1.29, 1.82) is 0 Å². The molecule has 5 nitrogen and oxygen atoms in total. The van der Waals surface area contributed by atoms with E-state index in [9.17, 15) is 9.59 Å². The third-order valence-corrected chi connectivity index (χ3v) is 4.66. The van der Waals surface area contributed by atoms with Gasteiger partial charge in [-0.3, -0.25) is 14.5 Å². The number of nitrogens with zero attached hydrogens (tertiary/aromatic N) is 2. The van der Waals surface area contributed by atoms with Crippen molar-refractivity contribution < 1.29 is 14.7 Å². The number of hydrogen-bond donors (Lipinski definition) is 1. The van der Waals surface area contributed by atoms with Crippen LogP contribution >= 0.6 is 27.3 Å². The van der Waals surface area contributed by atoms with Crippen LogP contribution in [0, 0.1) is 0 Å². The summed E-state index contributed by atoms with van der Waals surface area (Å²) in [5.74, 6) is -0.803. The molecule has 1 saturated heterocycles. The molecule has 0 spiro atoms. The first-order chi connectivity index (χ1) is 8.58. The van der Waals surface area contributed by atoms with Gasteiger partial charge in [-0.2, -0.15) is 0 Å². The van der Waals surface area contributed by atoms with Crippen LogP contribution in [0.3, 0.4) is 0 Å². The van der Waals surface area contributed by atoms with Gasteiger partial charge >= 0.3 is 5.97 Å². The number of aliphatic carboxylic acids is 1. The van der Waals surface area contributed by atoms with E-state index in [2.05, 4.69) is 15.9 Å². The van der Waals surface area contributed by atoms with Crippen LogP contribution in [0.4, 0.5) is 0 Å². The summed E-state index contributed by atoms with van der Waals surface area (Å²) >= 11 is 4.77. The van der Waals surface area contributed by atoms with Gasteiger partial charge in [-0.25, -0.2) is 0 Å². The van der Waals surface area contributed by atoms with Crippen molar-refractivity contribution >= 4 is 39.1 Å². The van der Waals surface area contributed by atoms with Gasteiger partial charge in [0, 0.05) is 30.7 Å². The zero-order valence-corrected chi connectivity index (χ0v) is 12.0. The number of amides is 1. The van der Waals surface area contributed by atoms with Gasteiger partial charge in [0.2, 0.25) is 0 Å². The third kappa shape index (κ3) is 3.09. The highest BCUT2D eigenvalue weighted by Crippen LogP contribution is 2.24. The van der Waals surface area contributed by atoms with E-state index < -0.39 is 5.97 Å². The zero-order valence-electron chi connectivity index (χ0n) is 9.63. The second-order valence-electron chi connectivity index (χ2n) is 4.06. The standard InChI is InChI=1S/C11H13BrN2O3S/c12-8-1-6-18-10(8)11(17)14-4-2-13(3-5-14)7-9(15)16/h1,6H,2-5,7H2,(H,15,16). The van der Waals surface area contributed by atoms with Crippen LogP contribution in [0.25, 0.3) is 0 Å². The molecule has 0 radical (unpaired) electrons. The molecule has 2 heterocycles. The van der Waals surface area contributed by atoms with Crippen LogP contribution in [0.2, 0.25) is 0 Å². The van der Waals surface area contributed by atoms with Gasteiger partial charge in [-0.1, -0.05) is 0 Å². The molecule has 7 heteroatoms. The van der Waals surface area contributed by atoms with Crippen molar-refractivity contribution in [3.63, 3.8) is 0 Å². The lowest BCUT2D eigenvalue weighted by Crippen LogP contribution is -2.49. The number of thiophene rings is 1. The summed E-state index contributed by atoms with van der Waals surface area (Å²) < 4.78 is 0.825. The van der Waals surface area contributed by atoms with Gasteiger partial charge in [0.25, 0.3) is 5.91 Å². The highest BCUT2D eigenvalue weighted by atomic mass is 79.9. The van der Waals surface area contributed by atoms with Crippen LogP contribution in [0.1, 0.15) is 9.67 Å². The number of carbonyl (C=O) groups excluding carboxylic acids is 1. The minimum absolute atomic E-state index is 0.0202. The van der Waals surface area contributed by atoms with E-state index in [-0.39, 0.29) is 12.5 Å². The summed E-state index contributed by atoms with van der Waals surface area (Å²) in [5.41, 5.74) is 0. The van der Waals surface area contributed by atoms with E-state index >= 15 is 0 Å². The van der Waals surface area contributed by atoms with Crippen LogP contribution in [-0.4, -0.2) is 59.5 Å². The number of carboxylic acids is 1. The number of hydrogen-bond acceptors (Lipinski definition) is 4. The lowest BCUT2D eigenvalue weighted by Gasteiger charge is -2.33. The normalized spacial score (nSPS) is 16.8. The monoisotopic (exact) mass is 332 g/mol. The molecule has 1 aliphatic rings. The smallest absolute Gasteiger partial charge is 0.317 e. The fraction of sp³-hybridized carbons (Fsp3) is 0.455. The SMILES string of the molecule is O=C(O)CN1CCN(C(=O)c2sccc2Br)CC1. The molecule has 2 rings (SSSR count). The lowest BCUT2D eigenvalue weighted by atomic mass is 10.3. The number of rotatable bonds is 3. The highest BCUT2D eigenvalue weighted by Gasteiger charge is 2.24. The Hall–Kier alpha value is -0.920. The molecule has 1 N–H and O–H groups in total. The molecular formula is C11H13BrN2O3S. The quantitative estimate of drug-likeness (QED) is 0.907. The van der Waals surface area contributed by atoms with Gasteiger partial charge < -0.3 is 10.0 Å². The van der Waals surface area contributed by atoms with E-state index in [0.717, 1.165) is 4.47 Å². The molecule has 0 atom stereocenters. The maximum absolute atomic E-state index is 12.2. The summed E-state index contributed by atoms with van der Waals surface area (Å²) in [6, 6.07) is 1.86. The second-order valence-corrected chi connectivity index (χ2v) is 5.83. The summed E-state index contributed by atoms with van der Waals surface area (Å²) in [5, 5.41) is 10.6. The van der Waals surface area contributed by atoms with E-state index in [0.29, 0.717) is 31.1 Å². The maximum atomic E-state index is 12.2. The first kappa shape index (κ1) is 13.5. The number of carboxylic acid groups (broad SMARTS) is 1. The molecule has 0 aromatic carbocycles. The fourth-order valence-electron chi connectivity index (χ4n) is 1.89. The zero-order chi connectivity index (χ0) is 13.1. The maximum Gasteiger partial charge on any atom is 0.317 e. The van der Waals surface area contributed by atoms with Gasteiger partial charge in [0.15, 0.2) is 0 Å². The Kier molecular flexibility index (Phi) is 4.36. The summed E-state index contributed by atoms with van der Waals surface area (Å²) in [4.78, 5) is 27.1. The highest BCUT2D eigenvalue weighted by molar-refractivity contribution is 9.10. The van der Waals surface area contributed by atoms with E-state index in [4.69, 9.17) is 5.11 Å². The molecule has 0 bridgehead atoms. The van der Waals surface area contributed by atoms with Crippen LogP contribution in [0.15, 0.2) is 15.9 Å². The van der Waals surface area contributed by atoms with Crippen molar-refractivity contribution in [2.45, 2.75) is 0 Å². The first-order valence-corrected chi connectivity index (χ1v) is 7.21. The van der Waals surface area contributed by atoms with E-state index in [1.165, 1.54) is 11.3 Å². The van der Waals surface area contributed by atoms with E-state index in [1.807, 2.05) is 16.3 Å². The Morgan fingerprint density at radius 1 is 1.33 bits per heavy atom. The Morgan fingerprint density at radius 3 is 2.50 bits per heavy atom. The molecule has 0 unspecified atom stereocenters. The number of carbonyl (C=O) groups is 2. The van der Waals surface area contributed by atoms with Crippen molar-refractivity contribution in [2.24, 2.45) is 0 Å². The molecule has 0 aliphatic carbocycles. The Morgan fingerprint density at radius 2 is 2.00 bits per heavy atom. The van der Waals surface area contributed by atoms with Gasteiger partial charge in [-0.15, -0.1) is 11.3 Å². The van der Waals surface area contributed by atoms with Gasteiger partial charge in [0.1, 0.15) is 4.88 Å². The molecular weight excluding hydrogens is 320 g/mol. The predicted molar refractivity (Wildman–Crippen MR) is 72.0 cm³/mol. The Bertz CT molecular complexity index is 455. The molecule has 1 amide bonds. The average Bonchev–Trinajstić information content (AvgIpc) is 2.75. The Balaban J connectivity index is 1.92. The van der Waals surface area contributed by atoms with Gasteiger partial charge in [0.05, 0.1) is 6.54 Å². The van der Waals surface area contributed by atoms with Crippen molar-refractivity contribution in [2.75, 3.05) is 32.7 Å². The summed E-state index contributed by atoms with van der Waals surface area (Å²) in [6.45, 7) is 2.43. The number of piperazine rings is 1. The average molecular weight is 333 g/mol. The molecule has 0 saturated carbocycles. The molecule has 1 aromatic rings. The number of halogens is 1. The van der Waals surface area contributed by atoms with Crippen LogP contribution in [-0.2, 0) is 4.79 Å². The summed E-state index contributed by atoms with van der Waals surface area (Å²) in [6.07, 6.45) is 0. The van der Waals surface area contributed by atoms with Crippen molar-refractivity contribution in [3.8, 4) is 0 Å². The van der Waals surface area contributed by atoms with Crippen LogP contribution < -0.4 is 0 Å². The molecule has 1 aromatic heterocycles. The minimum atomic E-state index is -0.823. The predicted octanol–water partition coefficient (Wildman–Crippen LogP) is 1.35. The van der Waals surface area contributed by atoms with Gasteiger partial charge in [-0.05, 0) is 27.4 Å². The molecule has 1 aliphatic heterocycles. The first-order valence-electron chi connectivity index (χ1n) is 5.54. The summed E-state index contributed by atoms with van der Waals surface area (Å²) in [7, 11) is 0. The minimum Gasteiger partial charge on any atom is -0.480 e. The van der Waals surface area contributed by atoms with Crippen molar-refractivity contribution in [1.82, 2.24) is 9.80 Å². The topological polar surface area (TPSA) is 60.9 Å². The second kappa shape index (κ2) is 5.81. The largest absolute Gasteiger partial charge is 0.480 e. The fourth-order valence-corrected chi connectivity index (χ4v) is 3.40. The van der Waals surface area contributed by atoms with E-state index in [1.54, 1.807) is 4.90 Å². The van der Waals surface area contributed by atoms with Crippen molar-refractivity contribution in [3.05, 3.63) is 20.8 Å². The molecule has 18 heavy (non-hydrogen) atoms. The third-order valence-electron chi connectivity index (χ3n) is 2.83. The lowest BCUT2D eigenvalue weighted by molar-refractivity contribution is -0.138.